The lowest BCUT2D eigenvalue weighted by atomic mass is 9.92. The molecule has 0 aromatic heterocycles. The van der Waals surface area contributed by atoms with Gasteiger partial charge in [0, 0.05) is 12.2 Å². The van der Waals surface area contributed by atoms with Gasteiger partial charge < -0.3 is 5.32 Å². The van der Waals surface area contributed by atoms with Crippen LogP contribution in [0.5, 0.6) is 0 Å². The first-order chi connectivity index (χ1) is 11.4. The number of carbonyl (C=O) groups is 1. The summed E-state index contributed by atoms with van der Waals surface area (Å²) in [6.07, 6.45) is 0.912. The number of amides is 2. The highest BCUT2D eigenvalue weighted by Gasteiger charge is 2.29. The van der Waals surface area contributed by atoms with Crippen molar-refractivity contribution in [2.75, 3.05) is 11.4 Å². The van der Waals surface area contributed by atoms with Crippen molar-refractivity contribution in [3.05, 3.63) is 71.8 Å². The minimum Gasteiger partial charge on any atom is -0.329 e. The summed E-state index contributed by atoms with van der Waals surface area (Å²) in [4.78, 5) is 14.6. The van der Waals surface area contributed by atoms with Gasteiger partial charge in [-0.15, -0.1) is 0 Å². The van der Waals surface area contributed by atoms with Crippen molar-refractivity contribution >= 4 is 17.3 Å². The summed E-state index contributed by atoms with van der Waals surface area (Å²) in [5.74, 6) is 0. The van der Waals surface area contributed by atoms with Gasteiger partial charge in [-0.05, 0) is 56.0 Å². The number of anilines is 1. The number of nitrogens with one attached hydrogen (secondary N) is 1. The fourth-order valence-corrected chi connectivity index (χ4v) is 3.13. The van der Waals surface area contributed by atoms with Gasteiger partial charge in [-0.2, -0.15) is 0 Å². The zero-order chi connectivity index (χ0) is 17.3. The first-order valence-electron chi connectivity index (χ1n) is 8.32. The zero-order valence-electron chi connectivity index (χ0n) is 14.6. The monoisotopic (exact) mass is 320 g/mol. The molecule has 0 unspecified atom stereocenters. The average molecular weight is 320 g/mol. The fraction of sp³-hybridized carbons (Fsp3) is 0.286. The van der Waals surface area contributed by atoms with Crippen LogP contribution in [0, 0.1) is 0 Å². The number of fused-ring (bicyclic) bond motifs is 1. The minimum atomic E-state index is -0.458. The molecule has 1 heterocycles. The lowest BCUT2D eigenvalue weighted by molar-refractivity contribution is 0.236. The molecule has 0 saturated carbocycles. The Labute approximate surface area is 144 Å². The molecule has 1 aliphatic heterocycles. The van der Waals surface area contributed by atoms with Crippen LogP contribution < -0.4 is 10.2 Å². The molecule has 3 rings (SSSR count). The lowest BCUT2D eigenvalue weighted by Crippen LogP contribution is -2.48. The molecule has 3 heteroatoms. The number of benzene rings is 2. The van der Waals surface area contributed by atoms with Crippen LogP contribution in [-0.2, 0) is 12.0 Å². The van der Waals surface area contributed by atoms with Gasteiger partial charge in [-0.3, -0.25) is 4.90 Å². The van der Waals surface area contributed by atoms with Crippen molar-refractivity contribution in [3.8, 4) is 0 Å². The third-order valence-electron chi connectivity index (χ3n) is 4.63. The van der Waals surface area contributed by atoms with Gasteiger partial charge in [0.2, 0.25) is 0 Å². The molecule has 0 radical (unpaired) electrons. The van der Waals surface area contributed by atoms with Crippen molar-refractivity contribution < 1.29 is 4.79 Å². The fourth-order valence-electron chi connectivity index (χ4n) is 3.13. The molecule has 2 aromatic rings. The summed E-state index contributed by atoms with van der Waals surface area (Å²) in [7, 11) is 0. The van der Waals surface area contributed by atoms with E-state index < -0.39 is 5.54 Å². The summed E-state index contributed by atoms with van der Waals surface area (Å²) in [6.45, 7) is 10.8. The summed E-state index contributed by atoms with van der Waals surface area (Å²) < 4.78 is 0. The SMILES string of the molecule is C=C(C)c1cccc(C(C)(C)NC(=O)N2CCc3ccccc32)c1. The number of hydrogen-bond donors (Lipinski definition) is 1. The van der Waals surface area contributed by atoms with E-state index in [2.05, 4.69) is 24.0 Å². The molecule has 0 spiro atoms. The Balaban J connectivity index is 1.81. The van der Waals surface area contributed by atoms with Crippen LogP contribution in [0.3, 0.4) is 0 Å². The molecule has 1 N–H and O–H groups in total. The van der Waals surface area contributed by atoms with Crippen LogP contribution in [0.15, 0.2) is 55.1 Å². The van der Waals surface area contributed by atoms with Gasteiger partial charge in [0.15, 0.2) is 0 Å². The topological polar surface area (TPSA) is 32.3 Å². The third kappa shape index (κ3) is 3.07. The predicted molar refractivity (Wildman–Crippen MR) is 100 cm³/mol. The molecule has 3 nitrogen and oxygen atoms in total. The maximum absolute atomic E-state index is 12.8. The minimum absolute atomic E-state index is 0.0503. The first-order valence-corrected chi connectivity index (χ1v) is 8.32. The number of rotatable bonds is 3. The summed E-state index contributed by atoms with van der Waals surface area (Å²) >= 11 is 0. The standard InChI is InChI=1S/C21H24N2O/c1-15(2)17-9-7-10-18(14-17)21(3,4)22-20(24)23-13-12-16-8-5-6-11-19(16)23/h5-11,14H,1,12-13H2,2-4H3,(H,22,24). The van der Waals surface area contributed by atoms with Crippen molar-refractivity contribution in [3.63, 3.8) is 0 Å². The van der Waals surface area contributed by atoms with Crippen LogP contribution >= 0.6 is 0 Å². The van der Waals surface area contributed by atoms with Crippen molar-refractivity contribution in [2.45, 2.75) is 32.7 Å². The molecule has 0 saturated heterocycles. The molecule has 2 aromatic carbocycles. The van der Waals surface area contributed by atoms with E-state index in [-0.39, 0.29) is 6.03 Å². The van der Waals surface area contributed by atoms with Crippen LogP contribution in [0.4, 0.5) is 10.5 Å². The Morgan fingerprint density at radius 1 is 1.17 bits per heavy atom. The largest absolute Gasteiger partial charge is 0.329 e. The highest BCUT2D eigenvalue weighted by molar-refractivity contribution is 5.94. The quantitative estimate of drug-likeness (QED) is 0.871. The summed E-state index contributed by atoms with van der Waals surface area (Å²) in [6, 6.07) is 16.2. The lowest BCUT2D eigenvalue weighted by Gasteiger charge is -2.30. The average Bonchev–Trinajstić information content (AvgIpc) is 2.98. The van der Waals surface area contributed by atoms with Gasteiger partial charge in [0.1, 0.15) is 0 Å². The molecule has 0 bridgehead atoms. The van der Waals surface area contributed by atoms with Crippen LogP contribution in [0.25, 0.3) is 5.57 Å². The number of nitrogens with zero attached hydrogens (tertiary/aromatic N) is 1. The second kappa shape index (κ2) is 6.16. The molecular formula is C21H24N2O. The van der Waals surface area contributed by atoms with E-state index in [4.69, 9.17) is 0 Å². The first kappa shape index (κ1) is 16.3. The molecule has 124 valence electrons. The van der Waals surface area contributed by atoms with Gasteiger partial charge in [-0.25, -0.2) is 4.79 Å². The van der Waals surface area contributed by atoms with Gasteiger partial charge in [0.05, 0.1) is 5.54 Å². The van der Waals surface area contributed by atoms with E-state index in [1.807, 2.05) is 62.1 Å². The number of allylic oxidation sites excluding steroid dienone is 1. The maximum Gasteiger partial charge on any atom is 0.322 e. The summed E-state index contributed by atoms with van der Waals surface area (Å²) in [5.41, 5.74) is 4.98. The molecular weight excluding hydrogens is 296 g/mol. The molecule has 24 heavy (non-hydrogen) atoms. The van der Waals surface area contributed by atoms with Crippen LogP contribution in [0.1, 0.15) is 37.5 Å². The molecule has 2 amide bonds. The van der Waals surface area contributed by atoms with Gasteiger partial charge >= 0.3 is 6.03 Å². The summed E-state index contributed by atoms with van der Waals surface area (Å²) in [5, 5.41) is 3.18. The van der Waals surface area contributed by atoms with Crippen molar-refractivity contribution in [2.24, 2.45) is 0 Å². The van der Waals surface area contributed by atoms with E-state index in [0.717, 1.165) is 35.4 Å². The maximum atomic E-state index is 12.8. The Hall–Kier alpha value is -2.55. The number of hydrogen-bond acceptors (Lipinski definition) is 1. The van der Waals surface area contributed by atoms with Crippen LogP contribution in [0.2, 0.25) is 0 Å². The molecule has 0 atom stereocenters. The normalized spacial score (nSPS) is 13.5. The highest BCUT2D eigenvalue weighted by Crippen LogP contribution is 2.29. The van der Waals surface area contributed by atoms with E-state index in [9.17, 15) is 4.79 Å². The molecule has 0 fully saturated rings. The number of para-hydroxylation sites is 1. The Morgan fingerprint density at radius 3 is 2.67 bits per heavy atom. The van der Waals surface area contributed by atoms with Crippen LogP contribution in [-0.4, -0.2) is 12.6 Å². The second-order valence-corrected chi connectivity index (χ2v) is 6.95. The van der Waals surface area contributed by atoms with Gasteiger partial charge in [-0.1, -0.05) is 48.6 Å². The number of urea groups is 1. The Morgan fingerprint density at radius 2 is 1.92 bits per heavy atom. The predicted octanol–water partition coefficient (Wildman–Crippen LogP) is 4.73. The second-order valence-electron chi connectivity index (χ2n) is 6.95. The van der Waals surface area contributed by atoms with E-state index in [0.29, 0.717) is 0 Å². The highest BCUT2D eigenvalue weighted by atomic mass is 16.2. The number of carbonyl (C=O) groups excluding carboxylic acids is 1. The Bertz CT molecular complexity index is 792. The Kier molecular flexibility index (Phi) is 4.18. The van der Waals surface area contributed by atoms with E-state index in [1.54, 1.807) is 0 Å². The molecule has 0 aliphatic carbocycles. The smallest absolute Gasteiger partial charge is 0.322 e. The van der Waals surface area contributed by atoms with E-state index >= 15 is 0 Å². The third-order valence-corrected chi connectivity index (χ3v) is 4.63. The molecule has 1 aliphatic rings. The zero-order valence-corrected chi connectivity index (χ0v) is 14.6. The van der Waals surface area contributed by atoms with E-state index in [1.165, 1.54) is 5.56 Å². The van der Waals surface area contributed by atoms with Crippen molar-refractivity contribution in [1.29, 1.82) is 0 Å². The van der Waals surface area contributed by atoms with Crippen molar-refractivity contribution in [1.82, 2.24) is 5.32 Å². The van der Waals surface area contributed by atoms with Gasteiger partial charge in [0.25, 0.3) is 0 Å².